The molecule has 5 nitrogen and oxygen atoms in total. The molecular formula is C15H21ClN2O3. The summed E-state index contributed by atoms with van der Waals surface area (Å²) in [6.45, 7) is 7.07. The second-order valence-electron chi connectivity index (χ2n) is 5.59. The van der Waals surface area contributed by atoms with Gasteiger partial charge in [0.1, 0.15) is 0 Å². The van der Waals surface area contributed by atoms with Crippen LogP contribution < -0.4 is 10.6 Å². The first-order valence-electron chi connectivity index (χ1n) is 6.72. The number of carbonyl (C=O) groups is 2. The van der Waals surface area contributed by atoms with E-state index in [1.165, 1.54) is 0 Å². The number of aryl methyl sites for hydroxylation is 1. The first kappa shape index (κ1) is 17.5. The van der Waals surface area contributed by atoms with Crippen molar-refractivity contribution in [3.63, 3.8) is 0 Å². The lowest BCUT2D eigenvalue weighted by Gasteiger charge is -2.27. The quantitative estimate of drug-likeness (QED) is 0.745. The van der Waals surface area contributed by atoms with E-state index in [4.69, 9.17) is 11.6 Å². The van der Waals surface area contributed by atoms with Crippen molar-refractivity contribution in [2.45, 2.75) is 33.3 Å². The molecule has 1 aromatic carbocycles. The van der Waals surface area contributed by atoms with Crippen LogP contribution in [0.5, 0.6) is 0 Å². The third-order valence-corrected chi connectivity index (χ3v) is 4.00. The van der Waals surface area contributed by atoms with Crippen molar-refractivity contribution < 1.29 is 14.7 Å². The summed E-state index contributed by atoms with van der Waals surface area (Å²) in [5, 5.41) is 15.3. The highest BCUT2D eigenvalue weighted by molar-refractivity contribution is 6.41. The molecule has 3 N–H and O–H groups in total. The van der Waals surface area contributed by atoms with Crippen LogP contribution in [0.2, 0.25) is 5.02 Å². The lowest BCUT2D eigenvalue weighted by Crippen LogP contribution is -2.47. The van der Waals surface area contributed by atoms with Gasteiger partial charge in [-0.2, -0.15) is 0 Å². The third-order valence-electron chi connectivity index (χ3n) is 3.50. The number of hydrogen-bond donors (Lipinski definition) is 3. The molecule has 0 aliphatic heterocycles. The Balaban J connectivity index is 2.64. The first-order valence-corrected chi connectivity index (χ1v) is 7.09. The minimum absolute atomic E-state index is 0.00152. The largest absolute Gasteiger partial charge is 0.388 e. The molecule has 1 atom stereocenters. The molecule has 0 fully saturated rings. The summed E-state index contributed by atoms with van der Waals surface area (Å²) in [6, 6.07) is 5.15. The molecule has 6 heteroatoms. The minimum atomic E-state index is -1.07. The molecule has 0 radical (unpaired) electrons. The first-order chi connectivity index (χ1) is 9.65. The highest BCUT2D eigenvalue weighted by Gasteiger charge is 2.26. The second-order valence-corrected chi connectivity index (χ2v) is 5.96. The standard InChI is InChI=1S/C15H21ClN2O3/c1-9(2)15(4,21)8-17-13(19)14(20)18-11-7-5-6-10(3)12(11)16/h5-7,9,21H,8H2,1-4H3,(H,17,19)(H,18,20). The zero-order valence-electron chi connectivity index (χ0n) is 12.7. The molecular weight excluding hydrogens is 292 g/mol. The molecule has 2 amide bonds. The number of rotatable bonds is 4. The Morgan fingerprint density at radius 1 is 1.33 bits per heavy atom. The summed E-state index contributed by atoms with van der Waals surface area (Å²) >= 11 is 6.05. The fourth-order valence-corrected chi connectivity index (χ4v) is 1.64. The van der Waals surface area contributed by atoms with Crippen molar-refractivity contribution in [2.75, 3.05) is 11.9 Å². The molecule has 0 aliphatic carbocycles. The van der Waals surface area contributed by atoms with Crippen molar-refractivity contribution in [1.82, 2.24) is 5.32 Å². The molecule has 0 aliphatic rings. The summed E-state index contributed by atoms with van der Waals surface area (Å²) in [5.41, 5.74) is 0.113. The zero-order valence-corrected chi connectivity index (χ0v) is 13.4. The summed E-state index contributed by atoms with van der Waals surface area (Å²) in [4.78, 5) is 23.5. The Labute approximate surface area is 129 Å². The lowest BCUT2D eigenvalue weighted by atomic mass is 9.92. The zero-order chi connectivity index (χ0) is 16.2. The predicted molar refractivity (Wildman–Crippen MR) is 83.3 cm³/mol. The van der Waals surface area contributed by atoms with Gasteiger partial charge in [0.05, 0.1) is 16.3 Å². The Hall–Kier alpha value is -1.59. The van der Waals surface area contributed by atoms with E-state index in [2.05, 4.69) is 10.6 Å². The van der Waals surface area contributed by atoms with Crippen molar-refractivity contribution in [2.24, 2.45) is 5.92 Å². The second kappa shape index (κ2) is 6.91. The van der Waals surface area contributed by atoms with Crippen LogP contribution in [-0.4, -0.2) is 29.1 Å². The van der Waals surface area contributed by atoms with Gasteiger partial charge in [-0.25, -0.2) is 0 Å². The molecule has 0 saturated carbocycles. The SMILES string of the molecule is Cc1cccc(NC(=O)C(=O)NCC(C)(O)C(C)C)c1Cl. The Morgan fingerprint density at radius 2 is 1.95 bits per heavy atom. The van der Waals surface area contributed by atoms with Crippen LogP contribution in [0.3, 0.4) is 0 Å². The Bertz CT molecular complexity index is 542. The van der Waals surface area contributed by atoms with E-state index in [0.29, 0.717) is 10.7 Å². The Kier molecular flexibility index (Phi) is 5.75. The monoisotopic (exact) mass is 312 g/mol. The van der Waals surface area contributed by atoms with Crippen molar-refractivity contribution >= 4 is 29.1 Å². The van der Waals surface area contributed by atoms with Gasteiger partial charge in [0.25, 0.3) is 0 Å². The van der Waals surface area contributed by atoms with Crippen LogP contribution >= 0.6 is 11.6 Å². The van der Waals surface area contributed by atoms with Gasteiger partial charge in [-0.15, -0.1) is 0 Å². The third kappa shape index (κ3) is 4.72. The number of carbonyl (C=O) groups excluding carboxylic acids is 2. The number of halogens is 1. The molecule has 1 rings (SSSR count). The van der Waals surface area contributed by atoms with Gasteiger partial charge in [0, 0.05) is 6.54 Å². The Morgan fingerprint density at radius 3 is 2.52 bits per heavy atom. The van der Waals surface area contributed by atoms with E-state index in [1.54, 1.807) is 32.0 Å². The highest BCUT2D eigenvalue weighted by Crippen LogP contribution is 2.24. The minimum Gasteiger partial charge on any atom is -0.388 e. The molecule has 116 valence electrons. The number of anilines is 1. The van der Waals surface area contributed by atoms with Gasteiger partial charge in [0.2, 0.25) is 0 Å². The average molecular weight is 313 g/mol. The van der Waals surface area contributed by atoms with Crippen LogP contribution in [0, 0.1) is 12.8 Å². The molecule has 0 spiro atoms. The van der Waals surface area contributed by atoms with Crippen molar-refractivity contribution in [3.8, 4) is 0 Å². The van der Waals surface area contributed by atoms with E-state index in [1.807, 2.05) is 13.8 Å². The summed E-state index contributed by atoms with van der Waals surface area (Å²) in [6.07, 6.45) is 0. The van der Waals surface area contributed by atoms with Gasteiger partial charge < -0.3 is 15.7 Å². The van der Waals surface area contributed by atoms with Crippen molar-refractivity contribution in [3.05, 3.63) is 28.8 Å². The maximum Gasteiger partial charge on any atom is 0.313 e. The highest BCUT2D eigenvalue weighted by atomic mass is 35.5. The molecule has 0 bridgehead atoms. The number of hydrogen-bond acceptors (Lipinski definition) is 3. The number of nitrogens with one attached hydrogen (secondary N) is 2. The molecule has 1 aromatic rings. The average Bonchev–Trinajstić information content (AvgIpc) is 2.41. The van der Waals surface area contributed by atoms with E-state index in [9.17, 15) is 14.7 Å². The van der Waals surface area contributed by atoms with Crippen LogP contribution in [0.15, 0.2) is 18.2 Å². The van der Waals surface area contributed by atoms with E-state index < -0.39 is 17.4 Å². The van der Waals surface area contributed by atoms with Crippen molar-refractivity contribution in [1.29, 1.82) is 0 Å². The van der Waals surface area contributed by atoms with Crippen LogP contribution in [0.4, 0.5) is 5.69 Å². The van der Waals surface area contributed by atoms with Gasteiger partial charge in [-0.1, -0.05) is 37.6 Å². The van der Waals surface area contributed by atoms with Gasteiger partial charge in [-0.3, -0.25) is 9.59 Å². The van der Waals surface area contributed by atoms with Gasteiger partial charge in [0.15, 0.2) is 0 Å². The fourth-order valence-electron chi connectivity index (χ4n) is 1.47. The fraction of sp³-hybridized carbons (Fsp3) is 0.467. The van der Waals surface area contributed by atoms with Crippen LogP contribution in [0.25, 0.3) is 0 Å². The smallest absolute Gasteiger partial charge is 0.313 e. The molecule has 0 aromatic heterocycles. The molecule has 0 heterocycles. The van der Waals surface area contributed by atoms with Crippen LogP contribution in [-0.2, 0) is 9.59 Å². The summed E-state index contributed by atoms with van der Waals surface area (Å²) in [5.74, 6) is -1.68. The summed E-state index contributed by atoms with van der Waals surface area (Å²) < 4.78 is 0. The molecule has 1 unspecified atom stereocenters. The maximum absolute atomic E-state index is 11.8. The summed E-state index contributed by atoms with van der Waals surface area (Å²) in [7, 11) is 0. The number of benzene rings is 1. The number of amides is 2. The topological polar surface area (TPSA) is 78.4 Å². The molecule has 0 saturated heterocycles. The predicted octanol–water partition coefficient (Wildman–Crippen LogP) is 2.11. The lowest BCUT2D eigenvalue weighted by molar-refractivity contribution is -0.137. The maximum atomic E-state index is 11.8. The molecule has 21 heavy (non-hydrogen) atoms. The van der Waals surface area contributed by atoms with Gasteiger partial charge >= 0.3 is 11.8 Å². The van der Waals surface area contributed by atoms with E-state index in [-0.39, 0.29) is 12.5 Å². The normalized spacial score (nSPS) is 13.7. The van der Waals surface area contributed by atoms with E-state index >= 15 is 0 Å². The van der Waals surface area contributed by atoms with E-state index in [0.717, 1.165) is 5.56 Å². The van der Waals surface area contributed by atoms with Crippen LogP contribution in [0.1, 0.15) is 26.3 Å². The number of aliphatic hydroxyl groups is 1. The van der Waals surface area contributed by atoms with Gasteiger partial charge in [-0.05, 0) is 31.4 Å².